The van der Waals surface area contributed by atoms with Gasteiger partial charge in [-0.25, -0.2) is 19.9 Å². The molecule has 0 radical (unpaired) electrons. The van der Waals surface area contributed by atoms with E-state index in [4.69, 9.17) is 44.1 Å². The van der Waals surface area contributed by atoms with Crippen molar-refractivity contribution in [3.05, 3.63) is 131 Å². The fourth-order valence-electron chi connectivity index (χ4n) is 6.01. The number of anilines is 3. The van der Waals surface area contributed by atoms with E-state index in [2.05, 4.69) is 80.8 Å². The van der Waals surface area contributed by atoms with Crippen LogP contribution in [0.4, 0.5) is 17.1 Å². The highest BCUT2D eigenvalue weighted by Gasteiger charge is 2.13. The molecular formula is C45H54Cl2N10O6. The zero-order valence-corrected chi connectivity index (χ0v) is 37.4. The molecule has 2 aromatic carbocycles. The van der Waals surface area contributed by atoms with Gasteiger partial charge in [-0.3, -0.25) is 28.8 Å². The van der Waals surface area contributed by atoms with Crippen molar-refractivity contribution in [2.45, 2.75) is 40.8 Å². The normalized spacial score (nSPS) is 13.6. The minimum atomic E-state index is -0.562. The van der Waals surface area contributed by atoms with Gasteiger partial charge in [-0.15, -0.1) is 0 Å². The fraction of sp³-hybridized carbons (Fsp3) is 0.311. The summed E-state index contributed by atoms with van der Waals surface area (Å²) in [7, 11) is 0. The van der Waals surface area contributed by atoms with E-state index in [1.807, 2.05) is 37.4 Å². The Balaban J connectivity index is 0.000000187. The Labute approximate surface area is 377 Å². The predicted octanol–water partition coefficient (Wildman–Crippen LogP) is 6.77. The number of nitrogen functional groups attached to an aromatic ring is 2. The van der Waals surface area contributed by atoms with Crippen molar-refractivity contribution in [3.63, 3.8) is 0 Å². The van der Waals surface area contributed by atoms with Gasteiger partial charge in [0.1, 0.15) is 11.3 Å². The molecular weight excluding hydrogens is 847 g/mol. The third kappa shape index (κ3) is 18.1. The maximum Gasteiger partial charge on any atom is 0.310 e. The first-order chi connectivity index (χ1) is 30.3. The Bertz CT molecular complexity index is 2300. The third-order valence-corrected chi connectivity index (χ3v) is 9.54. The largest absolute Gasteiger partial charge is 0.399 e. The number of imidazole rings is 1. The molecule has 16 nitrogen and oxygen atoms in total. The SMILES string of the molecule is CC(=O)Nc1cccnc1Cl.CC(=O)OC(C)=O.Cc1nc2cccnc2n1-c1ccc(CN2CCOCC2)cc1.Nc1ccc(CN2CCOCC2)cc1.Nc1cccnc1Cl. The first-order valence-electron chi connectivity index (χ1n) is 20.1. The second-order valence-corrected chi connectivity index (χ2v) is 14.7. The highest BCUT2D eigenvalue weighted by Crippen LogP contribution is 2.21. The number of aryl methyl sites for hydroxylation is 1. The number of halogens is 2. The van der Waals surface area contributed by atoms with Gasteiger partial charge in [-0.2, -0.15) is 0 Å². The third-order valence-electron chi connectivity index (χ3n) is 8.92. The number of benzene rings is 2. The number of pyridine rings is 3. The highest BCUT2D eigenvalue weighted by atomic mass is 35.5. The minimum absolute atomic E-state index is 0.153. The van der Waals surface area contributed by atoms with Crippen LogP contribution in [0.5, 0.6) is 0 Å². The standard InChI is InChI=1S/C18H20N4O.C11H16N2O.C7H7ClN2O.C5H5ClN2.C4H6O3/c1-14-20-17-3-2-8-19-18(17)22(14)16-6-4-15(5-7-16)13-21-9-11-23-12-10-21;12-11-3-1-10(2-4-11)9-13-5-7-14-8-6-13;1-5(11)10-6-3-2-4-9-7(6)8;6-5-4(7)2-1-3-8-5;1-3(5)7-4(2)6/h2-8H,9-13H2,1H3;1-4H,5-9,12H2;2-4H,1H3,(H,10,11);1-3H,7H2;1-2H3. The molecule has 2 aliphatic rings. The van der Waals surface area contributed by atoms with E-state index in [1.54, 1.807) is 36.7 Å². The number of ether oxygens (including phenoxy) is 3. The van der Waals surface area contributed by atoms with Crippen molar-refractivity contribution < 1.29 is 28.6 Å². The Kier molecular flexibility index (Phi) is 20.9. The van der Waals surface area contributed by atoms with Gasteiger partial charge in [0.05, 0.1) is 37.8 Å². The molecule has 6 heterocycles. The van der Waals surface area contributed by atoms with Crippen LogP contribution in [0.15, 0.2) is 104 Å². The van der Waals surface area contributed by atoms with Crippen LogP contribution < -0.4 is 16.8 Å². The van der Waals surface area contributed by atoms with Crippen LogP contribution in [0.1, 0.15) is 37.7 Å². The number of carbonyl (C=O) groups is 3. The Morgan fingerprint density at radius 1 is 0.683 bits per heavy atom. The van der Waals surface area contributed by atoms with Crippen LogP contribution in [0, 0.1) is 6.92 Å². The van der Waals surface area contributed by atoms with E-state index in [9.17, 15) is 14.4 Å². The van der Waals surface area contributed by atoms with Crippen LogP contribution in [0.25, 0.3) is 16.9 Å². The number of amides is 1. The number of hydrogen-bond donors (Lipinski definition) is 3. The average molecular weight is 902 g/mol. The lowest BCUT2D eigenvalue weighted by molar-refractivity contribution is -0.156. The molecule has 0 atom stereocenters. The van der Waals surface area contributed by atoms with Crippen molar-refractivity contribution in [2.24, 2.45) is 0 Å². The van der Waals surface area contributed by atoms with Gasteiger partial charge < -0.3 is 31.0 Å². The first kappa shape index (κ1) is 49.6. The Morgan fingerprint density at radius 3 is 1.63 bits per heavy atom. The van der Waals surface area contributed by atoms with E-state index in [1.165, 1.54) is 31.9 Å². The van der Waals surface area contributed by atoms with Crippen molar-refractivity contribution in [3.8, 4) is 5.69 Å². The van der Waals surface area contributed by atoms with E-state index in [0.717, 1.165) is 94.1 Å². The summed E-state index contributed by atoms with van der Waals surface area (Å²) in [6.45, 7) is 15.3. The summed E-state index contributed by atoms with van der Waals surface area (Å²) in [5, 5.41) is 3.22. The van der Waals surface area contributed by atoms with Crippen LogP contribution in [-0.2, 0) is 41.7 Å². The second kappa shape index (κ2) is 26.5. The molecule has 5 N–H and O–H groups in total. The van der Waals surface area contributed by atoms with Crippen molar-refractivity contribution in [2.75, 3.05) is 69.4 Å². The molecule has 334 valence electrons. The van der Waals surface area contributed by atoms with Gasteiger partial charge in [-0.1, -0.05) is 47.5 Å². The Hall–Kier alpha value is -6.01. The number of nitrogens with zero attached hydrogens (tertiary/aromatic N) is 7. The number of nitrogens with one attached hydrogen (secondary N) is 1. The van der Waals surface area contributed by atoms with Crippen molar-refractivity contribution >= 4 is 69.3 Å². The Morgan fingerprint density at radius 2 is 1.17 bits per heavy atom. The molecule has 8 rings (SSSR count). The zero-order valence-electron chi connectivity index (χ0n) is 35.9. The summed E-state index contributed by atoms with van der Waals surface area (Å²) >= 11 is 11.1. The number of nitrogens with two attached hydrogens (primary N) is 2. The van der Waals surface area contributed by atoms with E-state index in [0.29, 0.717) is 21.7 Å². The quantitative estimate of drug-likeness (QED) is 0.0683. The molecule has 2 aliphatic heterocycles. The molecule has 6 aromatic rings. The smallest absolute Gasteiger partial charge is 0.310 e. The number of esters is 2. The molecule has 0 aliphatic carbocycles. The monoisotopic (exact) mass is 900 g/mol. The van der Waals surface area contributed by atoms with Gasteiger partial charge in [0.25, 0.3) is 0 Å². The summed E-state index contributed by atoms with van der Waals surface area (Å²) in [5.41, 5.74) is 18.4. The van der Waals surface area contributed by atoms with Crippen molar-refractivity contribution in [1.29, 1.82) is 0 Å². The summed E-state index contributed by atoms with van der Waals surface area (Å²) in [6, 6.07) is 27.5. The van der Waals surface area contributed by atoms with Crippen LogP contribution >= 0.6 is 23.2 Å². The number of rotatable bonds is 6. The minimum Gasteiger partial charge on any atom is -0.399 e. The summed E-state index contributed by atoms with van der Waals surface area (Å²) in [5.74, 6) is -0.320. The van der Waals surface area contributed by atoms with Gasteiger partial charge in [0, 0.05) is 90.0 Å². The van der Waals surface area contributed by atoms with E-state index >= 15 is 0 Å². The van der Waals surface area contributed by atoms with Gasteiger partial charge in [-0.05, 0) is 78.7 Å². The predicted molar refractivity (Wildman–Crippen MR) is 246 cm³/mol. The van der Waals surface area contributed by atoms with E-state index < -0.39 is 11.9 Å². The van der Waals surface area contributed by atoms with Crippen LogP contribution in [0.2, 0.25) is 10.3 Å². The average Bonchev–Trinajstić information content (AvgIpc) is 3.60. The molecule has 4 aromatic heterocycles. The molecule has 2 saturated heterocycles. The zero-order chi connectivity index (χ0) is 45.6. The number of morpholine rings is 2. The number of fused-ring (bicyclic) bond motifs is 1. The van der Waals surface area contributed by atoms with Crippen LogP contribution in [0.3, 0.4) is 0 Å². The number of carbonyl (C=O) groups excluding carboxylic acids is 3. The topological polar surface area (TPSA) is 206 Å². The number of hydrogen-bond acceptors (Lipinski definition) is 14. The first-order valence-corrected chi connectivity index (χ1v) is 20.8. The molecule has 18 heteroatoms. The summed E-state index contributed by atoms with van der Waals surface area (Å²) in [6.07, 6.45) is 4.97. The van der Waals surface area contributed by atoms with Gasteiger partial charge in [0.2, 0.25) is 5.91 Å². The van der Waals surface area contributed by atoms with Crippen molar-refractivity contribution in [1.82, 2.24) is 34.3 Å². The maximum atomic E-state index is 10.6. The van der Waals surface area contributed by atoms with Gasteiger partial charge in [0.15, 0.2) is 16.0 Å². The lowest BCUT2D eigenvalue weighted by Gasteiger charge is -2.26. The van der Waals surface area contributed by atoms with E-state index in [-0.39, 0.29) is 5.91 Å². The molecule has 1 amide bonds. The summed E-state index contributed by atoms with van der Waals surface area (Å²) in [4.78, 5) is 51.6. The molecule has 0 saturated carbocycles. The lowest BCUT2D eigenvalue weighted by atomic mass is 10.2. The van der Waals surface area contributed by atoms with Crippen LogP contribution in [-0.4, -0.2) is 105 Å². The fourth-order valence-corrected chi connectivity index (χ4v) is 6.30. The molecule has 2 fully saturated rings. The molecule has 0 bridgehead atoms. The molecule has 0 unspecified atom stereocenters. The molecule has 63 heavy (non-hydrogen) atoms. The molecule has 0 spiro atoms. The number of aromatic nitrogens is 5. The van der Waals surface area contributed by atoms with Gasteiger partial charge >= 0.3 is 11.9 Å². The maximum absolute atomic E-state index is 10.6. The lowest BCUT2D eigenvalue weighted by Crippen LogP contribution is -2.35. The highest BCUT2D eigenvalue weighted by molar-refractivity contribution is 6.32. The summed E-state index contributed by atoms with van der Waals surface area (Å²) < 4.78 is 16.8. The second-order valence-electron chi connectivity index (χ2n) is 14.0.